The molecule has 2 atom stereocenters. The molecular weight excluding hydrogens is 388 g/mol. The lowest BCUT2D eigenvalue weighted by Crippen LogP contribution is -2.46. The number of piperidine rings is 1. The number of nitrogens with zero attached hydrogens (tertiary/aromatic N) is 4. The molecule has 1 amide bonds. The SMILES string of the molecule is N#CC1C(=O)Nc2nc(N3CCC4(CC3)OCCO4)[nH]c(=O)c2C1c1ccncc1. The zero-order valence-corrected chi connectivity index (χ0v) is 16.1. The Bertz CT molecular complexity index is 1060. The number of aromatic amines is 1. The van der Waals surface area contributed by atoms with E-state index in [2.05, 4.69) is 20.3 Å². The fourth-order valence-electron chi connectivity index (χ4n) is 4.42. The second-order valence-electron chi connectivity index (χ2n) is 7.60. The van der Waals surface area contributed by atoms with Crippen LogP contribution in [0.15, 0.2) is 29.3 Å². The average Bonchev–Trinajstić information content (AvgIpc) is 3.21. The number of amides is 1. The number of nitriles is 1. The monoisotopic (exact) mass is 408 g/mol. The molecule has 0 aliphatic carbocycles. The summed E-state index contributed by atoms with van der Waals surface area (Å²) in [7, 11) is 0. The van der Waals surface area contributed by atoms with Crippen LogP contribution >= 0.6 is 0 Å². The third kappa shape index (κ3) is 3.03. The molecule has 2 N–H and O–H groups in total. The first kappa shape index (κ1) is 18.7. The normalized spacial score (nSPS) is 24.9. The Morgan fingerprint density at radius 1 is 1.17 bits per heavy atom. The molecule has 1 spiro atoms. The van der Waals surface area contributed by atoms with Crippen LogP contribution in [0.3, 0.4) is 0 Å². The van der Waals surface area contributed by atoms with E-state index in [4.69, 9.17) is 9.47 Å². The molecule has 3 aliphatic rings. The van der Waals surface area contributed by atoms with E-state index in [0.717, 1.165) is 0 Å². The number of pyridine rings is 1. The van der Waals surface area contributed by atoms with Crippen molar-refractivity contribution in [2.45, 2.75) is 24.5 Å². The van der Waals surface area contributed by atoms with Crippen molar-refractivity contribution >= 4 is 17.7 Å². The molecular formula is C20H20N6O4. The number of carbonyl (C=O) groups is 1. The predicted octanol–water partition coefficient (Wildman–Crippen LogP) is 0.732. The smallest absolute Gasteiger partial charge is 0.258 e. The molecule has 3 aliphatic heterocycles. The van der Waals surface area contributed by atoms with Gasteiger partial charge in [0.05, 0.1) is 24.8 Å². The highest BCUT2D eigenvalue weighted by molar-refractivity contribution is 5.97. The van der Waals surface area contributed by atoms with Crippen molar-refractivity contribution < 1.29 is 14.3 Å². The quantitative estimate of drug-likeness (QED) is 0.743. The summed E-state index contributed by atoms with van der Waals surface area (Å²) in [6.07, 6.45) is 4.47. The van der Waals surface area contributed by atoms with Crippen LogP contribution in [0.1, 0.15) is 29.9 Å². The Balaban J connectivity index is 1.50. The molecule has 0 saturated carbocycles. The van der Waals surface area contributed by atoms with Crippen LogP contribution in [-0.4, -0.2) is 52.9 Å². The van der Waals surface area contributed by atoms with E-state index in [-0.39, 0.29) is 16.9 Å². The fourth-order valence-corrected chi connectivity index (χ4v) is 4.42. The molecule has 2 fully saturated rings. The number of nitrogens with one attached hydrogen (secondary N) is 2. The van der Waals surface area contributed by atoms with Crippen molar-refractivity contribution in [2.24, 2.45) is 5.92 Å². The van der Waals surface area contributed by atoms with Gasteiger partial charge in [-0.05, 0) is 17.7 Å². The van der Waals surface area contributed by atoms with Gasteiger partial charge >= 0.3 is 0 Å². The van der Waals surface area contributed by atoms with Gasteiger partial charge in [0.2, 0.25) is 11.9 Å². The second kappa shape index (κ2) is 7.19. The van der Waals surface area contributed by atoms with Crippen LogP contribution in [0.25, 0.3) is 0 Å². The maximum Gasteiger partial charge on any atom is 0.258 e. The highest BCUT2D eigenvalue weighted by Gasteiger charge is 2.42. The van der Waals surface area contributed by atoms with Crippen LogP contribution in [0, 0.1) is 17.2 Å². The van der Waals surface area contributed by atoms with Crippen LogP contribution in [0.2, 0.25) is 0 Å². The Kier molecular flexibility index (Phi) is 4.49. The highest BCUT2D eigenvalue weighted by atomic mass is 16.7. The first-order chi connectivity index (χ1) is 14.6. The van der Waals surface area contributed by atoms with Gasteiger partial charge in [0.25, 0.3) is 5.56 Å². The summed E-state index contributed by atoms with van der Waals surface area (Å²) >= 11 is 0. The second-order valence-corrected chi connectivity index (χ2v) is 7.60. The Morgan fingerprint density at radius 2 is 1.87 bits per heavy atom. The van der Waals surface area contributed by atoms with E-state index in [9.17, 15) is 14.9 Å². The van der Waals surface area contributed by atoms with E-state index < -0.39 is 23.5 Å². The third-order valence-corrected chi connectivity index (χ3v) is 5.95. The van der Waals surface area contributed by atoms with Crippen molar-refractivity contribution in [1.82, 2.24) is 15.0 Å². The summed E-state index contributed by atoms with van der Waals surface area (Å²) in [5.74, 6) is -2.17. The van der Waals surface area contributed by atoms with Gasteiger partial charge in [0.1, 0.15) is 11.7 Å². The minimum atomic E-state index is -1.03. The molecule has 2 saturated heterocycles. The van der Waals surface area contributed by atoms with Crippen molar-refractivity contribution in [2.75, 3.05) is 36.5 Å². The van der Waals surface area contributed by atoms with Gasteiger partial charge in [-0.2, -0.15) is 10.2 Å². The minimum Gasteiger partial charge on any atom is -0.347 e. The van der Waals surface area contributed by atoms with Gasteiger partial charge in [-0.15, -0.1) is 0 Å². The number of hydrogen-bond donors (Lipinski definition) is 2. The van der Waals surface area contributed by atoms with Gasteiger partial charge in [0, 0.05) is 44.2 Å². The topological polar surface area (TPSA) is 133 Å². The van der Waals surface area contributed by atoms with Crippen molar-refractivity contribution in [3.63, 3.8) is 0 Å². The minimum absolute atomic E-state index is 0.195. The van der Waals surface area contributed by atoms with Gasteiger partial charge in [-0.1, -0.05) is 0 Å². The van der Waals surface area contributed by atoms with E-state index in [1.807, 2.05) is 11.0 Å². The Morgan fingerprint density at radius 3 is 2.53 bits per heavy atom. The van der Waals surface area contributed by atoms with E-state index in [0.29, 0.717) is 50.7 Å². The van der Waals surface area contributed by atoms with Crippen LogP contribution < -0.4 is 15.8 Å². The zero-order valence-electron chi connectivity index (χ0n) is 16.1. The largest absolute Gasteiger partial charge is 0.347 e. The summed E-state index contributed by atoms with van der Waals surface area (Å²) in [5.41, 5.74) is 0.584. The first-order valence-electron chi connectivity index (χ1n) is 9.88. The number of hydrogen-bond acceptors (Lipinski definition) is 8. The van der Waals surface area contributed by atoms with Gasteiger partial charge in [-0.25, -0.2) is 0 Å². The van der Waals surface area contributed by atoms with Gasteiger partial charge in [0.15, 0.2) is 5.79 Å². The van der Waals surface area contributed by atoms with Crippen molar-refractivity contribution in [1.29, 1.82) is 5.26 Å². The Labute approximate surface area is 171 Å². The zero-order chi connectivity index (χ0) is 20.7. The number of fused-ring (bicyclic) bond motifs is 1. The summed E-state index contributed by atoms with van der Waals surface area (Å²) < 4.78 is 11.5. The van der Waals surface area contributed by atoms with Crippen LogP contribution in [-0.2, 0) is 14.3 Å². The summed E-state index contributed by atoms with van der Waals surface area (Å²) in [4.78, 5) is 39.0. The van der Waals surface area contributed by atoms with E-state index in [1.165, 1.54) is 0 Å². The molecule has 2 unspecified atom stereocenters. The molecule has 30 heavy (non-hydrogen) atoms. The fraction of sp³-hybridized carbons (Fsp3) is 0.450. The lowest BCUT2D eigenvalue weighted by molar-refractivity contribution is -0.169. The molecule has 154 valence electrons. The lowest BCUT2D eigenvalue weighted by atomic mass is 9.79. The molecule has 0 bridgehead atoms. The molecule has 2 aromatic heterocycles. The molecule has 10 nitrogen and oxygen atoms in total. The molecule has 5 heterocycles. The molecule has 2 aromatic rings. The predicted molar refractivity (Wildman–Crippen MR) is 105 cm³/mol. The van der Waals surface area contributed by atoms with Gasteiger partial charge in [-0.3, -0.25) is 19.6 Å². The maximum atomic E-state index is 13.1. The summed E-state index contributed by atoms with van der Waals surface area (Å²) in [5, 5.41) is 12.2. The third-order valence-electron chi connectivity index (χ3n) is 5.95. The van der Waals surface area contributed by atoms with E-state index >= 15 is 0 Å². The molecule has 0 aromatic carbocycles. The Hall–Kier alpha value is -3.29. The molecule has 5 rings (SSSR count). The number of carbonyl (C=O) groups excluding carboxylic acids is 1. The number of ether oxygens (including phenoxy) is 2. The standard InChI is InChI=1S/C20H20N6O4/c21-11-13-14(12-1-5-22-6-2-12)15-16(23-17(13)27)24-19(25-18(15)28)26-7-3-20(4-8-26)29-9-10-30-20/h1-2,5-6,13-14H,3-4,7-10H2,(H2,23,24,25,27,28). The van der Waals surface area contributed by atoms with Crippen molar-refractivity contribution in [3.05, 3.63) is 46.0 Å². The highest BCUT2D eigenvalue weighted by Crippen LogP contribution is 2.38. The van der Waals surface area contributed by atoms with E-state index in [1.54, 1.807) is 24.5 Å². The van der Waals surface area contributed by atoms with Gasteiger partial charge < -0.3 is 19.7 Å². The lowest BCUT2D eigenvalue weighted by Gasteiger charge is -2.38. The summed E-state index contributed by atoms with van der Waals surface area (Å²) in [6, 6.07) is 5.43. The average molecular weight is 408 g/mol. The number of anilines is 2. The number of aromatic nitrogens is 3. The van der Waals surface area contributed by atoms with Crippen LogP contribution in [0.5, 0.6) is 0 Å². The maximum absolute atomic E-state index is 13.1. The van der Waals surface area contributed by atoms with Crippen LogP contribution in [0.4, 0.5) is 11.8 Å². The first-order valence-corrected chi connectivity index (χ1v) is 9.88. The molecule has 10 heteroatoms. The molecule has 0 radical (unpaired) electrons. The van der Waals surface area contributed by atoms with Crippen molar-refractivity contribution in [3.8, 4) is 6.07 Å². The number of H-pyrrole nitrogens is 1. The summed E-state index contributed by atoms with van der Waals surface area (Å²) in [6.45, 7) is 2.39. The number of rotatable bonds is 2.